The number of guanidine groups is 1. The van der Waals surface area contributed by atoms with Gasteiger partial charge in [0.1, 0.15) is 0 Å². The predicted octanol–water partition coefficient (Wildman–Crippen LogP) is 2.96. The topological polar surface area (TPSA) is 77.0 Å². The summed E-state index contributed by atoms with van der Waals surface area (Å²) in [4.78, 5) is 19.2. The Morgan fingerprint density at radius 1 is 1.28 bits per heavy atom. The van der Waals surface area contributed by atoms with Gasteiger partial charge in [0, 0.05) is 44.9 Å². The Balaban J connectivity index is 1.78. The van der Waals surface area contributed by atoms with E-state index in [0.717, 1.165) is 50.4 Å². The Kier molecular flexibility index (Phi) is 9.98. The van der Waals surface area contributed by atoms with Gasteiger partial charge in [-0.2, -0.15) is 0 Å². The third kappa shape index (κ3) is 7.69. The van der Waals surface area contributed by atoms with E-state index in [2.05, 4.69) is 30.5 Å². The average Bonchev–Trinajstić information content (AvgIpc) is 3.13. The van der Waals surface area contributed by atoms with Crippen molar-refractivity contribution in [3.63, 3.8) is 0 Å². The molecule has 0 bridgehead atoms. The molecule has 1 atom stereocenters. The molecule has 1 aromatic rings. The van der Waals surface area contributed by atoms with Crippen molar-refractivity contribution >= 4 is 17.6 Å². The lowest BCUT2D eigenvalue weighted by Crippen LogP contribution is -2.38. The fourth-order valence-corrected chi connectivity index (χ4v) is 3.87. The van der Waals surface area contributed by atoms with Crippen LogP contribution in [0.15, 0.2) is 29.3 Å². The van der Waals surface area contributed by atoms with E-state index >= 15 is 0 Å². The third-order valence-electron chi connectivity index (χ3n) is 5.24. The van der Waals surface area contributed by atoms with Gasteiger partial charge in [0.25, 0.3) is 0 Å². The average molecular weight is 403 g/mol. The SMILES string of the molecule is CCNC(=NCC(CCO)CC(C)C)NCCCC(=O)N1CCc2ccccc21. The third-order valence-corrected chi connectivity index (χ3v) is 5.24. The first-order valence-corrected chi connectivity index (χ1v) is 11.1. The Morgan fingerprint density at radius 2 is 2.07 bits per heavy atom. The highest BCUT2D eigenvalue weighted by molar-refractivity contribution is 5.95. The quantitative estimate of drug-likeness (QED) is 0.302. The number of anilines is 1. The fourth-order valence-electron chi connectivity index (χ4n) is 3.87. The summed E-state index contributed by atoms with van der Waals surface area (Å²) in [6.45, 7) is 9.66. The van der Waals surface area contributed by atoms with Gasteiger partial charge in [-0.05, 0) is 56.1 Å². The van der Waals surface area contributed by atoms with Crippen molar-refractivity contribution in [3.8, 4) is 0 Å². The first-order chi connectivity index (χ1) is 14.0. The van der Waals surface area contributed by atoms with Crippen molar-refractivity contribution in [1.29, 1.82) is 0 Å². The van der Waals surface area contributed by atoms with Crippen LogP contribution in [0.1, 0.15) is 52.0 Å². The van der Waals surface area contributed by atoms with Gasteiger partial charge in [0.2, 0.25) is 5.91 Å². The summed E-state index contributed by atoms with van der Waals surface area (Å²) in [5.41, 5.74) is 2.33. The number of rotatable bonds is 11. The van der Waals surface area contributed by atoms with Crippen LogP contribution in [0, 0.1) is 11.8 Å². The molecule has 1 unspecified atom stereocenters. The van der Waals surface area contributed by atoms with Crippen LogP contribution in [0.2, 0.25) is 0 Å². The second kappa shape index (κ2) is 12.5. The van der Waals surface area contributed by atoms with Crippen molar-refractivity contribution in [2.24, 2.45) is 16.8 Å². The molecule has 0 saturated carbocycles. The number of hydrogen-bond acceptors (Lipinski definition) is 3. The van der Waals surface area contributed by atoms with E-state index in [0.29, 0.717) is 31.3 Å². The molecule has 1 heterocycles. The number of carbonyl (C=O) groups is 1. The Labute approximate surface area is 175 Å². The van der Waals surface area contributed by atoms with Gasteiger partial charge in [-0.15, -0.1) is 0 Å². The molecule has 1 aliphatic rings. The van der Waals surface area contributed by atoms with E-state index in [4.69, 9.17) is 4.99 Å². The van der Waals surface area contributed by atoms with E-state index in [-0.39, 0.29) is 12.5 Å². The number of aliphatic hydroxyl groups excluding tert-OH is 1. The number of nitrogens with zero attached hydrogens (tertiary/aromatic N) is 2. The standard InChI is InChI=1S/C23H38N4O2/c1-4-24-23(26-17-19(12-15-28)16-18(2)3)25-13-7-10-22(29)27-14-11-20-8-5-6-9-21(20)27/h5-6,8-9,18-19,28H,4,7,10-17H2,1-3H3,(H2,24,25,26). The van der Waals surface area contributed by atoms with E-state index in [9.17, 15) is 9.90 Å². The molecule has 1 aliphatic heterocycles. The van der Waals surface area contributed by atoms with E-state index in [1.807, 2.05) is 30.0 Å². The van der Waals surface area contributed by atoms with Crippen LogP contribution in [0.3, 0.4) is 0 Å². The molecule has 0 spiro atoms. The van der Waals surface area contributed by atoms with Gasteiger partial charge in [-0.1, -0.05) is 32.0 Å². The van der Waals surface area contributed by atoms with Crippen molar-refractivity contribution in [3.05, 3.63) is 29.8 Å². The molecule has 6 nitrogen and oxygen atoms in total. The minimum Gasteiger partial charge on any atom is -0.396 e. The van der Waals surface area contributed by atoms with Crippen molar-refractivity contribution in [2.45, 2.75) is 52.9 Å². The second-order valence-electron chi connectivity index (χ2n) is 8.18. The zero-order valence-electron chi connectivity index (χ0n) is 18.3. The first kappa shape index (κ1) is 23.2. The number of carbonyl (C=O) groups excluding carboxylic acids is 1. The Morgan fingerprint density at radius 3 is 2.79 bits per heavy atom. The molecule has 0 radical (unpaired) electrons. The summed E-state index contributed by atoms with van der Waals surface area (Å²) in [7, 11) is 0. The van der Waals surface area contributed by atoms with Crippen molar-refractivity contribution in [1.82, 2.24) is 10.6 Å². The van der Waals surface area contributed by atoms with E-state index in [1.165, 1.54) is 5.56 Å². The first-order valence-electron chi connectivity index (χ1n) is 11.1. The summed E-state index contributed by atoms with van der Waals surface area (Å²) in [5.74, 6) is 1.98. The fraction of sp³-hybridized carbons (Fsp3) is 0.652. The van der Waals surface area contributed by atoms with Crippen LogP contribution in [0.4, 0.5) is 5.69 Å². The molecule has 6 heteroatoms. The Bertz CT molecular complexity index is 660. The maximum absolute atomic E-state index is 12.6. The van der Waals surface area contributed by atoms with Crippen molar-refractivity contribution in [2.75, 3.05) is 37.7 Å². The number of aliphatic hydroxyl groups is 1. The molecule has 1 amide bonds. The van der Waals surface area contributed by atoms with Crippen LogP contribution < -0.4 is 15.5 Å². The number of fused-ring (bicyclic) bond motifs is 1. The summed E-state index contributed by atoms with van der Waals surface area (Å²) in [6, 6.07) is 8.17. The number of aliphatic imine (C=N–C) groups is 1. The summed E-state index contributed by atoms with van der Waals surface area (Å²) in [6.07, 6.45) is 4.10. The van der Waals surface area contributed by atoms with E-state index in [1.54, 1.807) is 0 Å². The molecular formula is C23H38N4O2. The van der Waals surface area contributed by atoms with Crippen LogP contribution in [0.25, 0.3) is 0 Å². The highest BCUT2D eigenvalue weighted by Gasteiger charge is 2.23. The van der Waals surface area contributed by atoms with Gasteiger partial charge in [0.05, 0.1) is 0 Å². The van der Waals surface area contributed by atoms with Crippen LogP contribution >= 0.6 is 0 Å². The van der Waals surface area contributed by atoms with Crippen LogP contribution in [0.5, 0.6) is 0 Å². The Hall–Kier alpha value is -2.08. The summed E-state index contributed by atoms with van der Waals surface area (Å²) >= 11 is 0. The molecule has 1 aromatic carbocycles. The van der Waals surface area contributed by atoms with Gasteiger partial charge in [0.15, 0.2) is 5.96 Å². The van der Waals surface area contributed by atoms with Gasteiger partial charge in [-0.25, -0.2) is 0 Å². The zero-order valence-corrected chi connectivity index (χ0v) is 18.3. The maximum atomic E-state index is 12.6. The highest BCUT2D eigenvalue weighted by atomic mass is 16.3. The molecule has 162 valence electrons. The van der Waals surface area contributed by atoms with Crippen molar-refractivity contribution < 1.29 is 9.90 Å². The molecule has 0 aromatic heterocycles. The summed E-state index contributed by atoms with van der Waals surface area (Å²) in [5, 5.41) is 15.9. The molecule has 2 rings (SSSR count). The lowest BCUT2D eigenvalue weighted by atomic mass is 9.94. The molecule has 0 saturated heterocycles. The molecule has 29 heavy (non-hydrogen) atoms. The molecular weight excluding hydrogens is 364 g/mol. The maximum Gasteiger partial charge on any atom is 0.227 e. The smallest absolute Gasteiger partial charge is 0.227 e. The number of amides is 1. The molecule has 0 aliphatic carbocycles. The zero-order chi connectivity index (χ0) is 21.1. The minimum absolute atomic E-state index is 0.193. The second-order valence-corrected chi connectivity index (χ2v) is 8.18. The minimum atomic E-state index is 0.193. The number of hydrogen-bond donors (Lipinski definition) is 3. The predicted molar refractivity (Wildman–Crippen MR) is 120 cm³/mol. The highest BCUT2D eigenvalue weighted by Crippen LogP contribution is 2.27. The largest absolute Gasteiger partial charge is 0.396 e. The lowest BCUT2D eigenvalue weighted by molar-refractivity contribution is -0.118. The number of para-hydroxylation sites is 1. The normalized spacial score (nSPS) is 14.8. The monoisotopic (exact) mass is 402 g/mol. The molecule has 0 fully saturated rings. The van der Waals surface area contributed by atoms with Gasteiger partial charge in [-0.3, -0.25) is 9.79 Å². The summed E-state index contributed by atoms with van der Waals surface area (Å²) < 4.78 is 0. The van der Waals surface area contributed by atoms with Gasteiger partial charge < -0.3 is 20.6 Å². The van der Waals surface area contributed by atoms with E-state index < -0.39 is 0 Å². The number of benzene rings is 1. The number of nitrogens with one attached hydrogen (secondary N) is 2. The lowest BCUT2D eigenvalue weighted by Gasteiger charge is -2.18. The van der Waals surface area contributed by atoms with Crippen LogP contribution in [-0.4, -0.2) is 49.8 Å². The molecule has 3 N–H and O–H groups in total. The van der Waals surface area contributed by atoms with Gasteiger partial charge >= 0.3 is 0 Å². The van der Waals surface area contributed by atoms with Crippen LogP contribution in [-0.2, 0) is 11.2 Å².